The zero-order valence-corrected chi connectivity index (χ0v) is 18.2. The summed E-state index contributed by atoms with van der Waals surface area (Å²) in [5.74, 6) is -0.415. The highest BCUT2D eigenvalue weighted by molar-refractivity contribution is 8.00. The van der Waals surface area contributed by atoms with Crippen LogP contribution in [0.5, 0.6) is 0 Å². The second-order valence-corrected chi connectivity index (χ2v) is 9.17. The average molecular weight is 442 g/mol. The van der Waals surface area contributed by atoms with Crippen molar-refractivity contribution >= 4 is 46.6 Å². The Morgan fingerprint density at radius 3 is 2.73 bits per heavy atom. The van der Waals surface area contributed by atoms with E-state index in [1.54, 1.807) is 54.8 Å². The molecule has 0 saturated carbocycles. The number of nitrogens with zero attached hydrogens (tertiary/aromatic N) is 4. The minimum absolute atomic E-state index is 0.187. The van der Waals surface area contributed by atoms with E-state index in [2.05, 4.69) is 15.5 Å². The molecule has 1 atom stereocenters. The second-order valence-electron chi connectivity index (χ2n) is 7.43. The van der Waals surface area contributed by atoms with E-state index in [0.29, 0.717) is 21.6 Å². The van der Waals surface area contributed by atoms with E-state index in [1.165, 1.54) is 11.8 Å². The molecule has 3 aromatic rings. The van der Waals surface area contributed by atoms with Gasteiger partial charge in [-0.15, -0.1) is 10.2 Å². The first-order valence-electron chi connectivity index (χ1n) is 9.36. The number of hydrogen-bond donors (Lipinski definition) is 1. The Morgan fingerprint density at radius 2 is 1.97 bits per heavy atom. The van der Waals surface area contributed by atoms with Crippen LogP contribution in [0, 0.1) is 0 Å². The number of fused-ring (bicyclic) bond motifs is 1. The molecule has 0 bridgehead atoms. The van der Waals surface area contributed by atoms with Gasteiger partial charge in [-0.3, -0.25) is 19.1 Å². The number of carbonyl (C=O) groups excluding carboxylic acids is 2. The summed E-state index contributed by atoms with van der Waals surface area (Å²) in [6.45, 7) is 5.28. The van der Waals surface area contributed by atoms with E-state index in [-0.39, 0.29) is 11.8 Å². The summed E-state index contributed by atoms with van der Waals surface area (Å²) in [6, 6.07) is 14.6. The second kappa shape index (κ2) is 7.77. The Morgan fingerprint density at radius 1 is 1.20 bits per heavy atom. The molecule has 0 aliphatic carbocycles. The predicted octanol–water partition coefficient (Wildman–Crippen LogP) is 4.17. The van der Waals surface area contributed by atoms with Gasteiger partial charge in [0.1, 0.15) is 11.9 Å². The minimum Gasteiger partial charge on any atom is -0.322 e. The van der Waals surface area contributed by atoms with Crippen LogP contribution in [-0.4, -0.2) is 37.4 Å². The van der Waals surface area contributed by atoms with Gasteiger partial charge in [0.15, 0.2) is 5.16 Å². The molecule has 1 aromatic heterocycles. The van der Waals surface area contributed by atoms with Gasteiger partial charge >= 0.3 is 0 Å². The largest absolute Gasteiger partial charge is 0.322 e. The van der Waals surface area contributed by atoms with Crippen LogP contribution in [0.2, 0.25) is 5.02 Å². The summed E-state index contributed by atoms with van der Waals surface area (Å²) in [5, 5.41) is 11.7. The SMILES string of the molecule is C[C@H](Sc1nncn1-c1cccc(Cl)c1)C(=O)N1c2ccccc2NC(=O)C1(C)C. The third-order valence-electron chi connectivity index (χ3n) is 4.96. The van der Waals surface area contributed by atoms with Gasteiger partial charge in [-0.25, -0.2) is 0 Å². The molecule has 7 nitrogen and oxygen atoms in total. The van der Waals surface area contributed by atoms with Crippen molar-refractivity contribution in [2.24, 2.45) is 0 Å². The molecule has 9 heteroatoms. The molecule has 1 aliphatic rings. The van der Waals surface area contributed by atoms with Crippen molar-refractivity contribution < 1.29 is 9.59 Å². The van der Waals surface area contributed by atoms with E-state index >= 15 is 0 Å². The first-order chi connectivity index (χ1) is 14.3. The average Bonchev–Trinajstić information content (AvgIpc) is 3.16. The Kier molecular flexibility index (Phi) is 5.29. The number of aromatic nitrogens is 3. The fourth-order valence-electron chi connectivity index (χ4n) is 3.34. The minimum atomic E-state index is -1.03. The summed E-state index contributed by atoms with van der Waals surface area (Å²) in [4.78, 5) is 27.7. The molecule has 2 aromatic carbocycles. The highest BCUT2D eigenvalue weighted by Crippen LogP contribution is 2.38. The van der Waals surface area contributed by atoms with Crippen LogP contribution in [0.4, 0.5) is 11.4 Å². The van der Waals surface area contributed by atoms with E-state index in [0.717, 1.165) is 5.69 Å². The maximum atomic E-state index is 13.5. The summed E-state index contributed by atoms with van der Waals surface area (Å²) >= 11 is 7.38. The number of carbonyl (C=O) groups is 2. The lowest BCUT2D eigenvalue weighted by Gasteiger charge is -2.43. The maximum absolute atomic E-state index is 13.5. The fourth-order valence-corrected chi connectivity index (χ4v) is 4.41. The van der Waals surface area contributed by atoms with Crippen LogP contribution < -0.4 is 10.2 Å². The molecule has 2 heterocycles. The molecule has 0 radical (unpaired) electrons. The van der Waals surface area contributed by atoms with Crippen molar-refractivity contribution in [3.8, 4) is 5.69 Å². The van der Waals surface area contributed by atoms with Crippen molar-refractivity contribution in [2.45, 2.75) is 36.7 Å². The van der Waals surface area contributed by atoms with Crippen LogP contribution in [0.3, 0.4) is 0 Å². The molecule has 2 amide bonds. The third-order valence-corrected chi connectivity index (χ3v) is 6.24. The molecule has 30 heavy (non-hydrogen) atoms. The quantitative estimate of drug-likeness (QED) is 0.615. The normalized spacial score (nSPS) is 16.0. The Bertz CT molecular complexity index is 1130. The van der Waals surface area contributed by atoms with Crippen LogP contribution in [0.25, 0.3) is 5.69 Å². The maximum Gasteiger partial charge on any atom is 0.250 e. The van der Waals surface area contributed by atoms with Crippen molar-refractivity contribution in [3.05, 3.63) is 59.9 Å². The number of thioether (sulfide) groups is 1. The molecule has 0 saturated heterocycles. The number of halogens is 1. The van der Waals surface area contributed by atoms with Crippen LogP contribution in [0.15, 0.2) is 60.0 Å². The van der Waals surface area contributed by atoms with Crippen molar-refractivity contribution in [1.82, 2.24) is 14.8 Å². The number of para-hydroxylation sites is 2. The lowest BCUT2D eigenvalue weighted by atomic mass is 9.96. The molecule has 0 spiro atoms. The van der Waals surface area contributed by atoms with Gasteiger partial charge < -0.3 is 5.32 Å². The van der Waals surface area contributed by atoms with E-state index in [1.807, 2.05) is 30.3 Å². The van der Waals surface area contributed by atoms with E-state index in [9.17, 15) is 9.59 Å². The number of rotatable bonds is 4. The number of anilines is 2. The molecule has 1 aliphatic heterocycles. The Hall–Kier alpha value is -2.84. The number of hydrogen-bond acceptors (Lipinski definition) is 5. The Labute approximate surface area is 183 Å². The standard InChI is InChI=1S/C21H20ClN5O2S/c1-13(30-20-25-23-12-26(20)15-8-6-7-14(22)11-15)18(28)27-17-10-5-4-9-16(17)24-19(29)21(27,2)3/h4-13H,1-3H3,(H,24,29)/t13-/m0/s1. The Balaban J connectivity index is 1.64. The van der Waals surface area contributed by atoms with Crippen LogP contribution in [0.1, 0.15) is 20.8 Å². The first-order valence-corrected chi connectivity index (χ1v) is 10.6. The van der Waals surface area contributed by atoms with Gasteiger partial charge in [0, 0.05) is 5.02 Å². The molecule has 0 fully saturated rings. The van der Waals surface area contributed by atoms with Gasteiger partial charge in [-0.1, -0.05) is 41.6 Å². The lowest BCUT2D eigenvalue weighted by Crippen LogP contribution is -2.60. The molecular formula is C21H20ClN5O2S. The molecule has 0 unspecified atom stereocenters. The molecule has 4 rings (SSSR count). The number of benzene rings is 2. The predicted molar refractivity (Wildman–Crippen MR) is 118 cm³/mol. The zero-order chi connectivity index (χ0) is 21.5. The van der Waals surface area contributed by atoms with E-state index < -0.39 is 10.8 Å². The third kappa shape index (κ3) is 3.57. The zero-order valence-electron chi connectivity index (χ0n) is 16.7. The summed E-state index contributed by atoms with van der Waals surface area (Å²) < 4.78 is 1.78. The van der Waals surface area contributed by atoms with Crippen molar-refractivity contribution in [2.75, 3.05) is 10.2 Å². The lowest BCUT2D eigenvalue weighted by molar-refractivity contribution is -0.126. The fraction of sp³-hybridized carbons (Fsp3) is 0.238. The number of nitrogens with one attached hydrogen (secondary N) is 1. The summed E-state index contributed by atoms with van der Waals surface area (Å²) in [5.41, 5.74) is 1.07. The molecular weight excluding hydrogens is 422 g/mol. The highest BCUT2D eigenvalue weighted by atomic mass is 35.5. The molecule has 1 N–H and O–H groups in total. The van der Waals surface area contributed by atoms with E-state index in [4.69, 9.17) is 11.6 Å². The number of amides is 2. The molecule has 154 valence electrons. The monoisotopic (exact) mass is 441 g/mol. The smallest absolute Gasteiger partial charge is 0.250 e. The first kappa shape index (κ1) is 20.4. The van der Waals surface area contributed by atoms with Gasteiger partial charge in [-0.2, -0.15) is 0 Å². The van der Waals surface area contributed by atoms with Crippen molar-refractivity contribution in [1.29, 1.82) is 0 Å². The van der Waals surface area contributed by atoms with Gasteiger partial charge in [-0.05, 0) is 51.1 Å². The topological polar surface area (TPSA) is 80.1 Å². The van der Waals surface area contributed by atoms with Crippen LogP contribution in [-0.2, 0) is 9.59 Å². The highest BCUT2D eigenvalue weighted by Gasteiger charge is 2.44. The van der Waals surface area contributed by atoms with Crippen LogP contribution >= 0.6 is 23.4 Å². The van der Waals surface area contributed by atoms with Gasteiger partial charge in [0.05, 0.1) is 22.3 Å². The van der Waals surface area contributed by atoms with Crippen molar-refractivity contribution in [3.63, 3.8) is 0 Å². The van der Waals surface area contributed by atoms with Gasteiger partial charge in [0.2, 0.25) is 11.8 Å². The summed E-state index contributed by atoms with van der Waals surface area (Å²) in [6.07, 6.45) is 1.58. The van der Waals surface area contributed by atoms with Gasteiger partial charge in [0.25, 0.3) is 0 Å². The summed E-state index contributed by atoms with van der Waals surface area (Å²) in [7, 11) is 0.